The van der Waals surface area contributed by atoms with Gasteiger partial charge in [-0.2, -0.15) is 0 Å². The van der Waals surface area contributed by atoms with Crippen LogP contribution in [-0.2, 0) is 9.53 Å². The Morgan fingerprint density at radius 1 is 1.45 bits per heavy atom. The molecule has 116 valence electrons. The van der Waals surface area contributed by atoms with Crippen LogP contribution in [0.2, 0.25) is 0 Å². The van der Waals surface area contributed by atoms with E-state index in [1.807, 2.05) is 36.6 Å². The summed E-state index contributed by atoms with van der Waals surface area (Å²) >= 11 is 1.59. The van der Waals surface area contributed by atoms with Gasteiger partial charge in [-0.25, -0.2) is 4.98 Å². The number of hydrogen-bond donors (Lipinski definition) is 1. The maximum absolute atomic E-state index is 12.2. The highest BCUT2D eigenvalue weighted by atomic mass is 32.1. The molecule has 22 heavy (non-hydrogen) atoms. The molecule has 0 spiro atoms. The van der Waals surface area contributed by atoms with E-state index in [1.54, 1.807) is 17.5 Å². The van der Waals surface area contributed by atoms with Crippen LogP contribution in [-0.4, -0.2) is 42.0 Å². The largest absolute Gasteiger partial charge is 0.368 e. The highest BCUT2D eigenvalue weighted by Crippen LogP contribution is 2.23. The summed E-state index contributed by atoms with van der Waals surface area (Å²) in [5.41, 5.74) is 2.01. The number of nitrogens with zero attached hydrogens (tertiary/aromatic N) is 2. The number of carbonyl (C=O) groups is 1. The molecule has 1 aliphatic heterocycles. The predicted octanol–water partition coefficient (Wildman–Crippen LogP) is 2.46. The second kappa shape index (κ2) is 7.00. The minimum absolute atomic E-state index is 0.00337. The highest BCUT2D eigenvalue weighted by Gasteiger charge is 2.25. The molecule has 1 amide bonds. The Hall–Kier alpha value is -1.76. The van der Waals surface area contributed by atoms with Gasteiger partial charge in [0, 0.05) is 30.4 Å². The molecule has 2 aromatic rings. The number of rotatable bonds is 4. The third kappa shape index (κ3) is 3.91. The zero-order valence-corrected chi connectivity index (χ0v) is 13.3. The summed E-state index contributed by atoms with van der Waals surface area (Å²) in [5.74, 6) is 0.00337. The predicted molar refractivity (Wildman–Crippen MR) is 87.1 cm³/mol. The van der Waals surface area contributed by atoms with E-state index in [0.29, 0.717) is 19.7 Å². The second-order valence-electron chi connectivity index (χ2n) is 5.38. The molecule has 0 radical (unpaired) electrons. The van der Waals surface area contributed by atoms with Crippen LogP contribution in [0.3, 0.4) is 0 Å². The van der Waals surface area contributed by atoms with Crippen LogP contribution >= 0.6 is 11.3 Å². The molecule has 1 N–H and O–H groups in total. The van der Waals surface area contributed by atoms with Crippen LogP contribution < -0.4 is 5.32 Å². The van der Waals surface area contributed by atoms with Crippen LogP contribution in [0.25, 0.3) is 0 Å². The Morgan fingerprint density at radius 3 is 3.00 bits per heavy atom. The van der Waals surface area contributed by atoms with E-state index in [2.05, 4.69) is 15.2 Å². The molecule has 0 aliphatic carbocycles. The lowest BCUT2D eigenvalue weighted by Crippen LogP contribution is -2.42. The summed E-state index contributed by atoms with van der Waals surface area (Å²) in [7, 11) is 0. The van der Waals surface area contributed by atoms with E-state index in [4.69, 9.17) is 4.74 Å². The lowest BCUT2D eigenvalue weighted by Gasteiger charge is -2.31. The number of thiazole rings is 1. The maximum atomic E-state index is 12.2. The third-order valence-electron chi connectivity index (χ3n) is 3.58. The zero-order valence-electron chi connectivity index (χ0n) is 12.5. The third-order valence-corrected chi connectivity index (χ3v) is 4.45. The molecule has 1 aliphatic rings. The number of aryl methyl sites for hydroxylation is 1. The Balaban J connectivity index is 1.53. The first-order valence-corrected chi connectivity index (χ1v) is 8.18. The molecule has 0 saturated carbocycles. The van der Waals surface area contributed by atoms with E-state index in [-0.39, 0.29) is 12.0 Å². The van der Waals surface area contributed by atoms with Crippen molar-refractivity contribution in [1.82, 2.24) is 9.88 Å². The van der Waals surface area contributed by atoms with Crippen molar-refractivity contribution in [3.8, 4) is 0 Å². The van der Waals surface area contributed by atoms with Crippen LogP contribution in [0.1, 0.15) is 16.7 Å². The van der Waals surface area contributed by atoms with E-state index in [1.165, 1.54) is 5.56 Å². The fourth-order valence-corrected chi connectivity index (χ4v) is 3.11. The van der Waals surface area contributed by atoms with Crippen molar-refractivity contribution in [2.75, 3.05) is 31.6 Å². The summed E-state index contributed by atoms with van der Waals surface area (Å²) < 4.78 is 5.74. The SMILES string of the molecule is Cc1ccc(NC(=O)CN2CCO[C@@H](c3nccs3)C2)cc1. The van der Waals surface area contributed by atoms with Crippen LogP contribution in [0.5, 0.6) is 0 Å². The standard InChI is InChI=1S/C16H19N3O2S/c1-12-2-4-13(5-3-12)18-15(20)11-19-7-8-21-14(10-19)16-17-6-9-22-16/h2-6,9,14H,7-8,10-11H2,1H3,(H,18,20)/t14-/m1/s1. The summed E-state index contributed by atoms with van der Waals surface area (Å²) in [4.78, 5) is 18.6. The fourth-order valence-electron chi connectivity index (χ4n) is 2.43. The van der Waals surface area contributed by atoms with Crippen molar-refractivity contribution in [1.29, 1.82) is 0 Å². The number of amides is 1. The lowest BCUT2D eigenvalue weighted by molar-refractivity contribution is -0.119. The van der Waals surface area contributed by atoms with Crippen LogP contribution in [0.4, 0.5) is 5.69 Å². The number of benzene rings is 1. The maximum Gasteiger partial charge on any atom is 0.238 e. The number of morpholine rings is 1. The lowest BCUT2D eigenvalue weighted by atomic mass is 10.2. The Kier molecular flexibility index (Phi) is 4.82. The molecule has 1 saturated heterocycles. The van der Waals surface area contributed by atoms with Gasteiger partial charge in [0.2, 0.25) is 5.91 Å². The first-order chi connectivity index (χ1) is 10.7. The quantitative estimate of drug-likeness (QED) is 0.941. The van der Waals surface area contributed by atoms with Crippen molar-refractivity contribution in [3.63, 3.8) is 0 Å². The molecule has 1 aromatic carbocycles. The van der Waals surface area contributed by atoms with Crippen molar-refractivity contribution in [3.05, 3.63) is 46.4 Å². The number of ether oxygens (including phenoxy) is 1. The monoisotopic (exact) mass is 317 g/mol. The summed E-state index contributed by atoms with van der Waals surface area (Å²) in [6.07, 6.45) is 1.76. The van der Waals surface area contributed by atoms with Crippen LogP contribution in [0, 0.1) is 6.92 Å². The second-order valence-corrected chi connectivity index (χ2v) is 6.31. The first kappa shape index (κ1) is 15.1. The molecule has 2 heterocycles. The molecule has 0 bridgehead atoms. The van der Waals surface area contributed by atoms with Crippen LogP contribution in [0.15, 0.2) is 35.8 Å². The Morgan fingerprint density at radius 2 is 2.27 bits per heavy atom. The molecule has 0 unspecified atom stereocenters. The van der Waals surface area contributed by atoms with Crippen molar-refractivity contribution in [2.45, 2.75) is 13.0 Å². The van der Waals surface area contributed by atoms with Crippen molar-refractivity contribution < 1.29 is 9.53 Å². The molecular weight excluding hydrogens is 298 g/mol. The normalized spacial score (nSPS) is 19.0. The number of hydrogen-bond acceptors (Lipinski definition) is 5. The van der Waals surface area contributed by atoms with Gasteiger partial charge >= 0.3 is 0 Å². The Bertz CT molecular complexity index is 613. The van der Waals surface area contributed by atoms with Gasteiger partial charge in [-0.15, -0.1) is 11.3 Å². The fraction of sp³-hybridized carbons (Fsp3) is 0.375. The minimum atomic E-state index is -0.0269. The molecule has 3 rings (SSSR count). The van der Waals surface area contributed by atoms with Gasteiger partial charge < -0.3 is 10.1 Å². The number of aromatic nitrogens is 1. The minimum Gasteiger partial charge on any atom is -0.368 e. The van der Waals surface area contributed by atoms with E-state index >= 15 is 0 Å². The summed E-state index contributed by atoms with van der Waals surface area (Å²) in [5, 5.41) is 5.85. The number of nitrogens with one attached hydrogen (secondary N) is 1. The van der Waals surface area contributed by atoms with Gasteiger partial charge in [-0.05, 0) is 19.1 Å². The first-order valence-electron chi connectivity index (χ1n) is 7.30. The molecule has 1 aromatic heterocycles. The van der Waals surface area contributed by atoms with E-state index in [0.717, 1.165) is 17.2 Å². The average molecular weight is 317 g/mol. The molecule has 1 atom stereocenters. The molecule has 5 nitrogen and oxygen atoms in total. The topological polar surface area (TPSA) is 54.5 Å². The molecular formula is C16H19N3O2S. The van der Waals surface area contributed by atoms with Gasteiger partial charge in [0.05, 0.1) is 13.2 Å². The zero-order chi connectivity index (χ0) is 15.4. The van der Waals surface area contributed by atoms with Crippen molar-refractivity contribution in [2.24, 2.45) is 0 Å². The smallest absolute Gasteiger partial charge is 0.238 e. The van der Waals surface area contributed by atoms with Gasteiger partial charge in [0.15, 0.2) is 0 Å². The molecule has 6 heteroatoms. The summed E-state index contributed by atoms with van der Waals surface area (Å²) in [6, 6.07) is 7.82. The van der Waals surface area contributed by atoms with Gasteiger partial charge in [0.1, 0.15) is 11.1 Å². The number of carbonyl (C=O) groups excluding carboxylic acids is 1. The summed E-state index contributed by atoms with van der Waals surface area (Å²) in [6.45, 7) is 4.50. The van der Waals surface area contributed by atoms with E-state index in [9.17, 15) is 4.79 Å². The van der Waals surface area contributed by atoms with Crippen molar-refractivity contribution >= 4 is 22.9 Å². The highest BCUT2D eigenvalue weighted by molar-refractivity contribution is 7.09. The van der Waals surface area contributed by atoms with Gasteiger partial charge in [0.25, 0.3) is 0 Å². The molecule has 1 fully saturated rings. The van der Waals surface area contributed by atoms with Gasteiger partial charge in [-0.3, -0.25) is 9.69 Å². The number of anilines is 1. The Labute approximate surface area is 133 Å². The van der Waals surface area contributed by atoms with Gasteiger partial charge in [-0.1, -0.05) is 17.7 Å². The average Bonchev–Trinajstić information content (AvgIpc) is 3.04. The van der Waals surface area contributed by atoms with E-state index < -0.39 is 0 Å².